The fourth-order valence-electron chi connectivity index (χ4n) is 5.30. The standard InChI is InChI=1S/C27H28N6O2/c1-16-24-20(19-7-11-28-26-21(19)10-12-32(26)2)4-5-22(25(24)27(35)30-16)31-23-6-3-17(15-29-23)33-13-8-18(34)9-14-33/h3-7,10-12,15-16,18,34H,8-9,13-14H2,1-2H3,(H,29,31)(H,30,35)/t16-/m1/s1. The first-order valence-corrected chi connectivity index (χ1v) is 12.0. The second kappa shape index (κ2) is 8.39. The summed E-state index contributed by atoms with van der Waals surface area (Å²) in [4.78, 5) is 24.4. The van der Waals surface area contributed by atoms with Gasteiger partial charge >= 0.3 is 0 Å². The third kappa shape index (κ3) is 3.70. The maximum atomic E-state index is 13.0. The number of aliphatic hydroxyl groups is 1. The molecule has 5 heterocycles. The highest BCUT2D eigenvalue weighted by molar-refractivity contribution is 6.08. The lowest BCUT2D eigenvalue weighted by atomic mass is 9.91. The number of benzene rings is 1. The predicted molar refractivity (Wildman–Crippen MR) is 137 cm³/mol. The van der Waals surface area contributed by atoms with Crippen LogP contribution >= 0.6 is 0 Å². The smallest absolute Gasteiger partial charge is 0.254 e. The molecular formula is C27H28N6O2. The number of aryl methyl sites for hydroxylation is 1. The van der Waals surface area contributed by atoms with E-state index in [-0.39, 0.29) is 18.1 Å². The lowest BCUT2D eigenvalue weighted by Gasteiger charge is -2.31. The third-order valence-corrected chi connectivity index (χ3v) is 7.15. The molecule has 1 fully saturated rings. The molecule has 4 aromatic rings. The Balaban J connectivity index is 1.35. The van der Waals surface area contributed by atoms with E-state index in [1.54, 1.807) is 0 Å². The van der Waals surface area contributed by atoms with Crippen LogP contribution in [-0.2, 0) is 7.05 Å². The van der Waals surface area contributed by atoms with E-state index in [0.29, 0.717) is 11.4 Å². The number of piperidine rings is 1. The largest absolute Gasteiger partial charge is 0.393 e. The molecule has 1 saturated heterocycles. The molecule has 8 nitrogen and oxygen atoms in total. The van der Waals surface area contributed by atoms with Crippen molar-refractivity contribution in [2.45, 2.75) is 31.9 Å². The Kier molecular flexibility index (Phi) is 5.18. The van der Waals surface area contributed by atoms with Gasteiger partial charge in [-0.2, -0.15) is 0 Å². The normalized spacial score (nSPS) is 18.1. The number of anilines is 3. The van der Waals surface area contributed by atoms with Crippen molar-refractivity contribution in [2.24, 2.45) is 7.05 Å². The summed E-state index contributed by atoms with van der Waals surface area (Å²) in [5.74, 6) is 0.598. The van der Waals surface area contributed by atoms with Gasteiger partial charge in [0, 0.05) is 37.9 Å². The molecule has 0 spiro atoms. The van der Waals surface area contributed by atoms with Crippen LogP contribution in [0, 0.1) is 0 Å². The Morgan fingerprint density at radius 1 is 1.06 bits per heavy atom. The zero-order chi connectivity index (χ0) is 24.1. The first-order chi connectivity index (χ1) is 17.0. The molecule has 2 aliphatic heterocycles. The van der Waals surface area contributed by atoms with Crippen molar-refractivity contribution in [2.75, 3.05) is 23.3 Å². The van der Waals surface area contributed by atoms with Crippen LogP contribution in [0.1, 0.15) is 41.7 Å². The van der Waals surface area contributed by atoms with Crippen LogP contribution in [0.4, 0.5) is 17.2 Å². The Hall–Kier alpha value is -3.91. The average molecular weight is 469 g/mol. The van der Waals surface area contributed by atoms with Crippen LogP contribution in [0.15, 0.2) is 55.0 Å². The monoisotopic (exact) mass is 468 g/mol. The molecule has 8 heteroatoms. The highest BCUT2D eigenvalue weighted by Gasteiger charge is 2.32. The van der Waals surface area contributed by atoms with Gasteiger partial charge in [0.25, 0.3) is 5.91 Å². The van der Waals surface area contributed by atoms with E-state index in [9.17, 15) is 9.90 Å². The second-order valence-corrected chi connectivity index (χ2v) is 9.41. The van der Waals surface area contributed by atoms with Crippen LogP contribution in [0.2, 0.25) is 0 Å². The van der Waals surface area contributed by atoms with E-state index in [0.717, 1.165) is 65.0 Å². The van der Waals surface area contributed by atoms with Gasteiger partial charge in [-0.05, 0) is 66.8 Å². The van der Waals surface area contributed by atoms with E-state index < -0.39 is 0 Å². The van der Waals surface area contributed by atoms with Crippen LogP contribution < -0.4 is 15.5 Å². The summed E-state index contributed by atoms with van der Waals surface area (Å²) in [6.07, 6.45) is 7.02. The van der Waals surface area contributed by atoms with E-state index in [2.05, 4.69) is 37.6 Å². The molecule has 0 saturated carbocycles. The minimum atomic E-state index is -0.205. The summed E-state index contributed by atoms with van der Waals surface area (Å²) in [7, 11) is 1.98. The van der Waals surface area contributed by atoms with E-state index >= 15 is 0 Å². The zero-order valence-corrected chi connectivity index (χ0v) is 19.8. The quantitative estimate of drug-likeness (QED) is 0.417. The van der Waals surface area contributed by atoms with Crippen LogP contribution in [0.5, 0.6) is 0 Å². The number of nitrogens with one attached hydrogen (secondary N) is 2. The number of aromatic nitrogens is 3. The number of hydrogen-bond donors (Lipinski definition) is 3. The van der Waals surface area contributed by atoms with Gasteiger partial charge in [-0.25, -0.2) is 9.97 Å². The molecular weight excluding hydrogens is 440 g/mol. The van der Waals surface area contributed by atoms with Crippen molar-refractivity contribution >= 4 is 34.1 Å². The maximum absolute atomic E-state index is 13.0. The number of amides is 1. The Morgan fingerprint density at radius 3 is 2.66 bits per heavy atom. The average Bonchev–Trinajstić information content (AvgIpc) is 3.40. The van der Waals surface area contributed by atoms with Gasteiger partial charge in [0.05, 0.1) is 35.3 Å². The van der Waals surface area contributed by atoms with Crippen LogP contribution in [0.3, 0.4) is 0 Å². The van der Waals surface area contributed by atoms with Crippen LogP contribution in [-0.4, -0.2) is 44.7 Å². The minimum absolute atomic E-state index is 0.0845. The third-order valence-electron chi connectivity index (χ3n) is 7.15. The van der Waals surface area contributed by atoms with Crippen molar-refractivity contribution in [3.8, 4) is 11.1 Å². The highest BCUT2D eigenvalue weighted by atomic mass is 16.3. The van der Waals surface area contributed by atoms with E-state index in [1.807, 2.05) is 61.4 Å². The molecule has 35 heavy (non-hydrogen) atoms. The minimum Gasteiger partial charge on any atom is -0.393 e. The molecule has 1 atom stereocenters. The topological polar surface area (TPSA) is 95.3 Å². The molecule has 0 unspecified atom stereocenters. The number of carbonyl (C=O) groups is 1. The first-order valence-electron chi connectivity index (χ1n) is 12.0. The number of rotatable bonds is 4. The van der Waals surface area contributed by atoms with Crippen molar-refractivity contribution in [1.29, 1.82) is 0 Å². The summed E-state index contributed by atoms with van der Waals surface area (Å²) in [6.45, 7) is 3.67. The molecule has 3 N–H and O–H groups in total. The van der Waals surface area contributed by atoms with Gasteiger partial charge in [-0.15, -0.1) is 0 Å². The molecule has 0 aliphatic carbocycles. The van der Waals surface area contributed by atoms with Crippen molar-refractivity contribution in [1.82, 2.24) is 19.9 Å². The molecule has 2 aliphatic rings. The number of nitrogens with zero attached hydrogens (tertiary/aromatic N) is 4. The SMILES string of the molecule is C[C@H]1NC(=O)c2c(Nc3ccc(N4CCC(O)CC4)cn3)ccc(-c3ccnc4c3ccn4C)c21. The van der Waals surface area contributed by atoms with Crippen molar-refractivity contribution in [3.05, 3.63) is 66.1 Å². The molecule has 1 aromatic carbocycles. The van der Waals surface area contributed by atoms with Gasteiger partial charge in [-0.3, -0.25) is 4.79 Å². The fourth-order valence-corrected chi connectivity index (χ4v) is 5.30. The van der Waals surface area contributed by atoms with Gasteiger partial charge in [0.15, 0.2) is 0 Å². The number of fused-ring (bicyclic) bond motifs is 2. The molecule has 0 radical (unpaired) electrons. The molecule has 0 bridgehead atoms. The summed E-state index contributed by atoms with van der Waals surface area (Å²) in [6, 6.07) is 12.0. The summed E-state index contributed by atoms with van der Waals surface area (Å²) < 4.78 is 2.00. The van der Waals surface area contributed by atoms with Gasteiger partial charge in [0.2, 0.25) is 0 Å². The first kappa shape index (κ1) is 21.6. The van der Waals surface area contributed by atoms with Crippen molar-refractivity contribution < 1.29 is 9.90 Å². The summed E-state index contributed by atoms with van der Waals surface area (Å²) >= 11 is 0. The lowest BCUT2D eigenvalue weighted by molar-refractivity contribution is 0.0959. The van der Waals surface area contributed by atoms with Gasteiger partial charge in [-0.1, -0.05) is 6.07 Å². The number of hydrogen-bond acceptors (Lipinski definition) is 6. The molecule has 1 amide bonds. The van der Waals surface area contributed by atoms with Crippen molar-refractivity contribution in [3.63, 3.8) is 0 Å². The summed E-state index contributed by atoms with van der Waals surface area (Å²) in [5.41, 5.74) is 6.44. The van der Waals surface area contributed by atoms with Gasteiger partial charge in [0.1, 0.15) is 11.5 Å². The fraction of sp³-hybridized carbons (Fsp3) is 0.296. The van der Waals surface area contributed by atoms with E-state index in [4.69, 9.17) is 0 Å². The number of carbonyl (C=O) groups excluding carboxylic acids is 1. The Labute approximate surface area is 203 Å². The van der Waals surface area contributed by atoms with Gasteiger partial charge < -0.3 is 25.2 Å². The van der Waals surface area contributed by atoms with E-state index in [1.165, 1.54) is 0 Å². The summed E-state index contributed by atoms with van der Waals surface area (Å²) in [5, 5.41) is 17.3. The molecule has 3 aromatic heterocycles. The number of aliphatic hydroxyl groups excluding tert-OH is 1. The maximum Gasteiger partial charge on any atom is 0.254 e. The Bertz CT molecular complexity index is 1420. The number of pyridine rings is 2. The highest BCUT2D eigenvalue weighted by Crippen LogP contribution is 2.41. The predicted octanol–water partition coefficient (Wildman–Crippen LogP) is 4.14. The second-order valence-electron chi connectivity index (χ2n) is 9.41. The Morgan fingerprint density at radius 2 is 1.89 bits per heavy atom. The molecule has 6 rings (SSSR count). The molecule has 178 valence electrons. The lowest BCUT2D eigenvalue weighted by Crippen LogP contribution is -2.35. The van der Waals surface area contributed by atoms with Crippen LogP contribution in [0.25, 0.3) is 22.2 Å². The zero-order valence-electron chi connectivity index (χ0n) is 19.8.